The highest BCUT2D eigenvalue weighted by Crippen LogP contribution is 2.23. The van der Waals surface area contributed by atoms with Gasteiger partial charge in [-0.2, -0.15) is 5.26 Å². The Morgan fingerprint density at radius 3 is 2.44 bits per heavy atom. The lowest BCUT2D eigenvalue weighted by molar-refractivity contribution is 0.630. The van der Waals surface area contributed by atoms with Crippen molar-refractivity contribution < 1.29 is 0 Å². The van der Waals surface area contributed by atoms with Crippen LogP contribution in [0.4, 0.5) is 0 Å². The number of nitrogens with zero attached hydrogens (tertiary/aromatic N) is 3. The fourth-order valence-corrected chi connectivity index (χ4v) is 1.76. The maximum absolute atomic E-state index is 9.11. The van der Waals surface area contributed by atoms with E-state index in [9.17, 15) is 0 Å². The molecule has 0 bridgehead atoms. The highest BCUT2D eigenvalue weighted by Gasteiger charge is 2.23. The van der Waals surface area contributed by atoms with E-state index in [4.69, 9.17) is 5.26 Å². The van der Waals surface area contributed by atoms with Gasteiger partial charge in [-0.1, -0.05) is 28.1 Å². The minimum absolute atomic E-state index is 0.547. The number of hydrogen-bond acceptors (Lipinski definition) is 3. The van der Waals surface area contributed by atoms with Gasteiger partial charge in [0.1, 0.15) is 11.2 Å². The van der Waals surface area contributed by atoms with E-state index in [2.05, 4.69) is 32.0 Å². The Morgan fingerprint density at radius 2 is 1.83 bits per heavy atom. The molecule has 0 unspecified atom stereocenters. The summed E-state index contributed by atoms with van der Waals surface area (Å²) in [5.41, 5.74) is 1.16. The second kappa shape index (κ2) is 4.87. The van der Waals surface area contributed by atoms with Crippen LogP contribution in [0, 0.1) is 11.3 Å². The van der Waals surface area contributed by atoms with Gasteiger partial charge in [-0.15, -0.1) is 0 Å². The normalized spacial score (nSPS) is 11.0. The van der Waals surface area contributed by atoms with Gasteiger partial charge in [-0.05, 0) is 32.0 Å². The maximum atomic E-state index is 9.11. The average molecular weight is 302 g/mol. The van der Waals surface area contributed by atoms with Gasteiger partial charge in [-0.3, -0.25) is 0 Å². The summed E-state index contributed by atoms with van der Waals surface area (Å²) < 4.78 is 1.03. The van der Waals surface area contributed by atoms with Crippen molar-refractivity contribution in [2.24, 2.45) is 0 Å². The van der Waals surface area contributed by atoms with E-state index in [1.807, 2.05) is 44.2 Å². The molecule has 0 saturated carbocycles. The van der Waals surface area contributed by atoms with Crippen molar-refractivity contribution in [3.63, 3.8) is 0 Å². The predicted octanol–water partition coefficient (Wildman–Crippen LogP) is 3.71. The Kier molecular flexibility index (Phi) is 3.44. The van der Waals surface area contributed by atoms with Crippen LogP contribution in [0.15, 0.2) is 41.0 Å². The van der Waals surface area contributed by atoms with Gasteiger partial charge in [0.15, 0.2) is 0 Å². The molecule has 18 heavy (non-hydrogen) atoms. The second-order valence-electron chi connectivity index (χ2n) is 4.51. The van der Waals surface area contributed by atoms with Crippen LogP contribution in [0.3, 0.4) is 0 Å². The molecule has 90 valence electrons. The predicted molar refractivity (Wildman–Crippen MR) is 73.8 cm³/mol. The van der Waals surface area contributed by atoms with Crippen molar-refractivity contribution in [2.75, 3.05) is 0 Å². The molecule has 0 saturated heterocycles. The Morgan fingerprint density at radius 1 is 1.17 bits per heavy atom. The van der Waals surface area contributed by atoms with Crippen LogP contribution < -0.4 is 0 Å². The molecule has 0 fully saturated rings. The minimum Gasteiger partial charge on any atom is -0.240 e. The van der Waals surface area contributed by atoms with Gasteiger partial charge in [0.2, 0.25) is 0 Å². The highest BCUT2D eigenvalue weighted by molar-refractivity contribution is 9.10. The third kappa shape index (κ3) is 2.57. The summed E-state index contributed by atoms with van der Waals surface area (Å²) in [4.78, 5) is 8.65. The number of rotatable bonds is 2. The van der Waals surface area contributed by atoms with Gasteiger partial charge in [0, 0.05) is 16.2 Å². The molecule has 2 rings (SSSR count). The van der Waals surface area contributed by atoms with Crippen LogP contribution in [-0.4, -0.2) is 9.97 Å². The molecule has 2 aromatic rings. The zero-order valence-electron chi connectivity index (χ0n) is 10.2. The second-order valence-corrected chi connectivity index (χ2v) is 5.42. The monoisotopic (exact) mass is 301 g/mol. The van der Waals surface area contributed by atoms with E-state index in [1.54, 1.807) is 6.20 Å². The van der Waals surface area contributed by atoms with Gasteiger partial charge >= 0.3 is 0 Å². The van der Waals surface area contributed by atoms with Gasteiger partial charge < -0.3 is 0 Å². The minimum atomic E-state index is -0.675. The lowest BCUT2D eigenvalue weighted by Crippen LogP contribution is -2.18. The number of benzene rings is 1. The highest BCUT2D eigenvalue weighted by atomic mass is 79.9. The van der Waals surface area contributed by atoms with Crippen molar-refractivity contribution in [3.05, 3.63) is 46.8 Å². The average Bonchev–Trinajstić information content (AvgIpc) is 2.40. The molecule has 0 atom stereocenters. The Hall–Kier alpha value is -1.73. The molecule has 0 aliphatic rings. The molecule has 1 aromatic heterocycles. The molecule has 0 N–H and O–H groups in total. The van der Waals surface area contributed by atoms with E-state index in [0.29, 0.717) is 5.82 Å². The van der Waals surface area contributed by atoms with Crippen LogP contribution in [-0.2, 0) is 5.41 Å². The van der Waals surface area contributed by atoms with Crippen molar-refractivity contribution in [1.29, 1.82) is 5.26 Å². The largest absolute Gasteiger partial charge is 0.240 e. The van der Waals surface area contributed by atoms with Crippen molar-refractivity contribution >= 4 is 15.9 Å². The molecule has 1 heterocycles. The third-order valence-electron chi connectivity index (χ3n) is 2.63. The first-order chi connectivity index (χ1) is 8.53. The molecule has 4 heteroatoms. The quantitative estimate of drug-likeness (QED) is 0.849. The first-order valence-corrected chi connectivity index (χ1v) is 6.33. The number of halogens is 1. The van der Waals surface area contributed by atoms with E-state index >= 15 is 0 Å². The standard InChI is InChI=1S/C14H12BrN3/c1-14(2,9-16)13-17-8-7-12(18-13)10-3-5-11(15)6-4-10/h3-8H,1-2H3. The van der Waals surface area contributed by atoms with E-state index in [-0.39, 0.29) is 0 Å². The van der Waals surface area contributed by atoms with Crippen LogP contribution in [0.2, 0.25) is 0 Å². The summed E-state index contributed by atoms with van der Waals surface area (Å²) in [6, 6.07) is 12.0. The first-order valence-electron chi connectivity index (χ1n) is 5.53. The molecule has 0 spiro atoms. The van der Waals surface area contributed by atoms with Crippen molar-refractivity contribution in [1.82, 2.24) is 9.97 Å². The summed E-state index contributed by atoms with van der Waals surface area (Å²) in [6.07, 6.45) is 1.69. The number of hydrogen-bond donors (Lipinski definition) is 0. The van der Waals surface area contributed by atoms with Crippen LogP contribution in [0.5, 0.6) is 0 Å². The SMILES string of the molecule is CC(C)(C#N)c1nccc(-c2ccc(Br)cc2)n1. The summed E-state index contributed by atoms with van der Waals surface area (Å²) in [6.45, 7) is 3.63. The Balaban J connectivity index is 2.45. The molecule has 0 aliphatic heterocycles. The van der Waals surface area contributed by atoms with Crippen molar-refractivity contribution in [3.8, 4) is 17.3 Å². The van der Waals surface area contributed by atoms with Gasteiger partial charge in [0.05, 0.1) is 11.8 Å². The molecule has 3 nitrogen and oxygen atoms in total. The van der Waals surface area contributed by atoms with Crippen LogP contribution in [0.25, 0.3) is 11.3 Å². The lowest BCUT2D eigenvalue weighted by atomic mass is 9.94. The van der Waals surface area contributed by atoms with E-state index in [1.165, 1.54) is 0 Å². The summed E-state index contributed by atoms with van der Waals surface area (Å²) >= 11 is 3.40. The van der Waals surface area contributed by atoms with Crippen LogP contribution >= 0.6 is 15.9 Å². The van der Waals surface area contributed by atoms with Crippen LogP contribution in [0.1, 0.15) is 19.7 Å². The fourth-order valence-electron chi connectivity index (χ4n) is 1.49. The number of nitriles is 1. The molecule has 0 radical (unpaired) electrons. The summed E-state index contributed by atoms with van der Waals surface area (Å²) in [5, 5.41) is 9.11. The first kappa shape index (κ1) is 12.7. The van der Waals surface area contributed by atoms with Gasteiger partial charge in [0.25, 0.3) is 0 Å². The number of aromatic nitrogens is 2. The van der Waals surface area contributed by atoms with E-state index < -0.39 is 5.41 Å². The third-order valence-corrected chi connectivity index (χ3v) is 3.16. The maximum Gasteiger partial charge on any atom is 0.148 e. The molecular formula is C14H12BrN3. The zero-order chi connectivity index (χ0) is 13.2. The lowest BCUT2D eigenvalue weighted by Gasteiger charge is -2.13. The summed E-state index contributed by atoms with van der Waals surface area (Å²) in [5.74, 6) is 0.547. The summed E-state index contributed by atoms with van der Waals surface area (Å²) in [7, 11) is 0. The zero-order valence-corrected chi connectivity index (χ0v) is 11.8. The smallest absolute Gasteiger partial charge is 0.148 e. The van der Waals surface area contributed by atoms with E-state index in [0.717, 1.165) is 15.7 Å². The van der Waals surface area contributed by atoms with Gasteiger partial charge in [-0.25, -0.2) is 9.97 Å². The molecular weight excluding hydrogens is 290 g/mol. The topological polar surface area (TPSA) is 49.6 Å². The molecule has 1 aromatic carbocycles. The fraction of sp³-hybridized carbons (Fsp3) is 0.214. The van der Waals surface area contributed by atoms with Crippen molar-refractivity contribution in [2.45, 2.75) is 19.3 Å². The Labute approximate surface area is 115 Å². The Bertz CT molecular complexity index is 597. The molecule has 0 aliphatic carbocycles. The molecule has 0 amide bonds.